The van der Waals surface area contributed by atoms with Crippen LogP contribution in [0.2, 0.25) is 0 Å². The lowest BCUT2D eigenvalue weighted by atomic mass is 10.2. The maximum atomic E-state index is 5.67. The van der Waals surface area contributed by atoms with E-state index in [-0.39, 0.29) is 0 Å². The van der Waals surface area contributed by atoms with E-state index in [9.17, 15) is 0 Å². The first-order valence-corrected chi connectivity index (χ1v) is 5.93. The third-order valence-electron chi connectivity index (χ3n) is 2.89. The molecule has 0 aliphatic carbocycles. The molecule has 2 N–H and O–H groups in total. The predicted octanol–water partition coefficient (Wildman–Crippen LogP) is 1.34. The lowest BCUT2D eigenvalue weighted by molar-refractivity contribution is 0.0520. The van der Waals surface area contributed by atoms with Crippen LogP contribution < -0.4 is 5.73 Å². The molecule has 0 heterocycles. The van der Waals surface area contributed by atoms with E-state index >= 15 is 0 Å². The summed E-state index contributed by atoms with van der Waals surface area (Å²) in [5.74, 6) is 0. The lowest BCUT2D eigenvalue weighted by Gasteiger charge is -2.37. The molecule has 0 atom stereocenters. The molecule has 14 heavy (non-hydrogen) atoms. The summed E-state index contributed by atoms with van der Waals surface area (Å²) in [6.07, 6.45) is 1.61. The van der Waals surface area contributed by atoms with Crippen LogP contribution in [0.25, 0.3) is 0 Å². The van der Waals surface area contributed by atoms with Gasteiger partial charge in [0.05, 0.1) is 6.17 Å². The van der Waals surface area contributed by atoms with Crippen LogP contribution in [0.15, 0.2) is 0 Å². The van der Waals surface area contributed by atoms with Crippen LogP contribution in [0.4, 0.5) is 0 Å². The topological polar surface area (TPSA) is 32.5 Å². The van der Waals surface area contributed by atoms with Gasteiger partial charge in [0.15, 0.2) is 0 Å². The molecule has 0 fully saturated rings. The third-order valence-corrected chi connectivity index (χ3v) is 2.89. The highest BCUT2D eigenvalue weighted by Crippen LogP contribution is 2.09. The van der Waals surface area contributed by atoms with Gasteiger partial charge in [-0.25, -0.2) is 0 Å². The second kappa shape index (κ2) is 8.21. The molecular weight excluding hydrogens is 174 g/mol. The molecule has 0 aromatic heterocycles. The zero-order chi connectivity index (χ0) is 11.0. The van der Waals surface area contributed by atoms with E-state index in [1.54, 1.807) is 0 Å². The molecule has 0 aliphatic rings. The van der Waals surface area contributed by atoms with E-state index in [0.717, 1.165) is 39.1 Å². The summed E-state index contributed by atoms with van der Waals surface area (Å²) in [4.78, 5) is 4.97. The number of nitrogens with two attached hydrogens (primary N) is 1. The van der Waals surface area contributed by atoms with Gasteiger partial charge in [0, 0.05) is 0 Å². The molecule has 0 spiro atoms. The first kappa shape index (κ1) is 13.9. The van der Waals surface area contributed by atoms with E-state index in [1.165, 1.54) is 0 Å². The fourth-order valence-corrected chi connectivity index (χ4v) is 2.04. The van der Waals surface area contributed by atoms with Crippen LogP contribution in [0, 0.1) is 0 Å². The Labute approximate surface area is 89.2 Å². The van der Waals surface area contributed by atoms with Gasteiger partial charge in [-0.15, -0.1) is 0 Å². The molecule has 0 aromatic carbocycles. The van der Waals surface area contributed by atoms with Crippen LogP contribution in [0.1, 0.15) is 34.1 Å². The summed E-state index contributed by atoms with van der Waals surface area (Å²) < 4.78 is 0. The van der Waals surface area contributed by atoms with Gasteiger partial charge in [-0.3, -0.25) is 9.80 Å². The molecule has 0 radical (unpaired) electrons. The molecule has 3 heteroatoms. The van der Waals surface area contributed by atoms with Crippen molar-refractivity contribution >= 4 is 0 Å². The Kier molecular flexibility index (Phi) is 8.14. The van der Waals surface area contributed by atoms with Gasteiger partial charge in [-0.1, -0.05) is 27.7 Å². The third kappa shape index (κ3) is 3.95. The normalized spacial score (nSPS) is 12.0. The monoisotopic (exact) mass is 201 g/mol. The Balaban J connectivity index is 4.36. The van der Waals surface area contributed by atoms with Gasteiger partial charge in [-0.2, -0.15) is 0 Å². The first-order chi connectivity index (χ1) is 6.74. The van der Waals surface area contributed by atoms with Crippen molar-refractivity contribution in [1.82, 2.24) is 9.80 Å². The Hall–Kier alpha value is -0.120. The number of hydrogen-bond acceptors (Lipinski definition) is 3. The molecule has 0 aliphatic heterocycles. The molecule has 0 saturated heterocycles. The van der Waals surface area contributed by atoms with Gasteiger partial charge in [0.2, 0.25) is 0 Å². The summed E-state index contributed by atoms with van der Waals surface area (Å²) in [5.41, 5.74) is 5.67. The SMILES string of the molecule is CCN(CC)C(CCN)N(CC)CC. The van der Waals surface area contributed by atoms with Gasteiger partial charge in [0.1, 0.15) is 0 Å². The zero-order valence-corrected chi connectivity index (χ0v) is 10.3. The molecule has 0 unspecified atom stereocenters. The van der Waals surface area contributed by atoms with Crippen molar-refractivity contribution in [2.45, 2.75) is 40.3 Å². The van der Waals surface area contributed by atoms with Crippen molar-refractivity contribution in [3.8, 4) is 0 Å². The van der Waals surface area contributed by atoms with Crippen LogP contribution in [-0.4, -0.2) is 48.7 Å². The van der Waals surface area contributed by atoms with Crippen molar-refractivity contribution in [3.63, 3.8) is 0 Å². The van der Waals surface area contributed by atoms with Crippen molar-refractivity contribution in [2.24, 2.45) is 5.73 Å². The number of nitrogens with zero attached hydrogens (tertiary/aromatic N) is 2. The molecule has 0 saturated carbocycles. The van der Waals surface area contributed by atoms with Crippen molar-refractivity contribution in [1.29, 1.82) is 0 Å². The van der Waals surface area contributed by atoms with Crippen LogP contribution >= 0.6 is 0 Å². The number of rotatable bonds is 8. The fourth-order valence-electron chi connectivity index (χ4n) is 2.04. The fraction of sp³-hybridized carbons (Fsp3) is 1.00. The highest BCUT2D eigenvalue weighted by atomic mass is 15.3. The number of hydrogen-bond donors (Lipinski definition) is 1. The van der Waals surface area contributed by atoms with Crippen LogP contribution in [0.5, 0.6) is 0 Å². The van der Waals surface area contributed by atoms with Gasteiger partial charge in [0.25, 0.3) is 0 Å². The van der Waals surface area contributed by atoms with Crippen molar-refractivity contribution < 1.29 is 0 Å². The largest absolute Gasteiger partial charge is 0.330 e. The molecule has 3 nitrogen and oxygen atoms in total. The molecule has 0 bridgehead atoms. The Morgan fingerprint density at radius 2 is 1.21 bits per heavy atom. The van der Waals surface area contributed by atoms with E-state index in [0.29, 0.717) is 6.17 Å². The second-order valence-electron chi connectivity index (χ2n) is 3.50. The minimum Gasteiger partial charge on any atom is -0.330 e. The summed E-state index contributed by atoms with van der Waals surface area (Å²) >= 11 is 0. The maximum Gasteiger partial charge on any atom is 0.0634 e. The standard InChI is InChI=1S/C11H27N3/c1-5-13(6-2)11(9-10-12)14(7-3)8-4/h11H,5-10,12H2,1-4H3. The summed E-state index contributed by atoms with van der Waals surface area (Å²) in [6, 6.07) is 0. The summed E-state index contributed by atoms with van der Waals surface area (Å²) in [7, 11) is 0. The van der Waals surface area contributed by atoms with E-state index in [4.69, 9.17) is 5.73 Å². The smallest absolute Gasteiger partial charge is 0.0634 e. The maximum absolute atomic E-state index is 5.67. The van der Waals surface area contributed by atoms with E-state index in [2.05, 4.69) is 37.5 Å². The second-order valence-corrected chi connectivity index (χ2v) is 3.50. The predicted molar refractivity (Wildman–Crippen MR) is 63.3 cm³/mol. The molecule has 86 valence electrons. The highest BCUT2D eigenvalue weighted by Gasteiger charge is 2.19. The first-order valence-electron chi connectivity index (χ1n) is 5.93. The molecule has 0 aromatic rings. The molecule has 0 amide bonds. The highest BCUT2D eigenvalue weighted by molar-refractivity contribution is 4.71. The minimum atomic E-state index is 0.532. The van der Waals surface area contributed by atoms with Crippen molar-refractivity contribution in [2.75, 3.05) is 32.7 Å². The Morgan fingerprint density at radius 3 is 1.43 bits per heavy atom. The quantitative estimate of drug-likeness (QED) is 0.602. The Morgan fingerprint density at radius 1 is 0.857 bits per heavy atom. The van der Waals surface area contributed by atoms with E-state index in [1.807, 2.05) is 0 Å². The van der Waals surface area contributed by atoms with Gasteiger partial charge < -0.3 is 5.73 Å². The lowest BCUT2D eigenvalue weighted by Crippen LogP contribution is -2.49. The average molecular weight is 201 g/mol. The zero-order valence-electron chi connectivity index (χ0n) is 10.3. The van der Waals surface area contributed by atoms with Gasteiger partial charge >= 0.3 is 0 Å². The Bertz CT molecular complexity index is 108. The van der Waals surface area contributed by atoms with Crippen LogP contribution in [0.3, 0.4) is 0 Å². The van der Waals surface area contributed by atoms with Gasteiger partial charge in [-0.05, 0) is 39.1 Å². The molecular formula is C11H27N3. The van der Waals surface area contributed by atoms with E-state index < -0.39 is 0 Å². The summed E-state index contributed by atoms with van der Waals surface area (Å²) in [5, 5.41) is 0. The summed E-state index contributed by atoms with van der Waals surface area (Å²) in [6.45, 7) is 14.1. The minimum absolute atomic E-state index is 0.532. The van der Waals surface area contributed by atoms with Crippen molar-refractivity contribution in [3.05, 3.63) is 0 Å². The average Bonchev–Trinajstić information content (AvgIpc) is 2.21. The molecule has 0 rings (SSSR count). The van der Waals surface area contributed by atoms with Crippen LogP contribution in [-0.2, 0) is 0 Å².